The molecule has 1 N–H and O–H groups in total. The van der Waals surface area contributed by atoms with E-state index in [-0.39, 0.29) is 6.10 Å². The lowest BCUT2D eigenvalue weighted by molar-refractivity contribution is 0.0867. The molecular weight excluding hydrogens is 176 g/mol. The van der Waals surface area contributed by atoms with E-state index < -0.39 is 0 Å². The largest absolute Gasteiger partial charge is 0.393 e. The Balaban J connectivity index is 1.73. The van der Waals surface area contributed by atoms with Gasteiger partial charge in [-0.25, -0.2) is 0 Å². The molecule has 0 spiro atoms. The van der Waals surface area contributed by atoms with Crippen LogP contribution in [0, 0.1) is 5.41 Å². The molecule has 0 radical (unpaired) electrons. The van der Waals surface area contributed by atoms with Crippen molar-refractivity contribution >= 4 is 0 Å². The van der Waals surface area contributed by atoms with Gasteiger partial charge in [-0.3, -0.25) is 0 Å². The van der Waals surface area contributed by atoms with Crippen molar-refractivity contribution in [1.82, 2.24) is 0 Å². The van der Waals surface area contributed by atoms with Gasteiger partial charge < -0.3 is 9.84 Å². The minimum atomic E-state index is -0.0375. The molecule has 82 valence electrons. The van der Waals surface area contributed by atoms with Crippen molar-refractivity contribution in [2.24, 2.45) is 5.41 Å². The average Bonchev–Trinajstić information content (AvgIpc) is 2.73. The minimum absolute atomic E-state index is 0.0375. The highest BCUT2D eigenvalue weighted by molar-refractivity contribution is 4.86. The zero-order chi connectivity index (χ0) is 10.0. The van der Waals surface area contributed by atoms with E-state index in [2.05, 4.69) is 6.92 Å². The Labute approximate surface area is 86.6 Å². The molecule has 2 heteroatoms. The molecule has 1 heterocycles. The highest BCUT2D eigenvalue weighted by atomic mass is 16.5. The fourth-order valence-corrected chi connectivity index (χ4v) is 2.90. The van der Waals surface area contributed by atoms with Gasteiger partial charge in [0.05, 0.1) is 12.2 Å². The van der Waals surface area contributed by atoms with Gasteiger partial charge in [0.25, 0.3) is 0 Å². The Bertz CT molecular complexity index is 187. The average molecular weight is 198 g/mol. The molecule has 0 aromatic rings. The van der Waals surface area contributed by atoms with Crippen molar-refractivity contribution in [3.8, 4) is 0 Å². The van der Waals surface area contributed by atoms with Crippen LogP contribution in [0.1, 0.15) is 51.9 Å². The molecule has 3 atom stereocenters. The second-order valence-electron chi connectivity index (χ2n) is 5.38. The molecule has 2 rings (SSSR count). The predicted molar refractivity (Wildman–Crippen MR) is 56.2 cm³/mol. The highest BCUT2D eigenvalue weighted by Crippen LogP contribution is 2.42. The summed E-state index contributed by atoms with van der Waals surface area (Å²) in [6.07, 6.45) is 8.59. The zero-order valence-corrected chi connectivity index (χ0v) is 9.17. The molecule has 0 bridgehead atoms. The van der Waals surface area contributed by atoms with Gasteiger partial charge in [-0.15, -0.1) is 0 Å². The Morgan fingerprint density at radius 1 is 1.43 bits per heavy atom. The second kappa shape index (κ2) is 4.19. The van der Waals surface area contributed by atoms with Crippen LogP contribution in [0.2, 0.25) is 0 Å². The van der Waals surface area contributed by atoms with E-state index >= 15 is 0 Å². The van der Waals surface area contributed by atoms with E-state index in [1.54, 1.807) is 0 Å². The van der Waals surface area contributed by atoms with Gasteiger partial charge in [-0.2, -0.15) is 0 Å². The second-order valence-corrected chi connectivity index (χ2v) is 5.38. The van der Waals surface area contributed by atoms with Crippen LogP contribution in [0.15, 0.2) is 0 Å². The van der Waals surface area contributed by atoms with Crippen LogP contribution >= 0.6 is 0 Å². The third-order valence-electron chi connectivity index (χ3n) is 3.90. The first-order valence-corrected chi connectivity index (χ1v) is 5.98. The van der Waals surface area contributed by atoms with E-state index in [9.17, 15) is 5.11 Å². The molecule has 1 saturated heterocycles. The summed E-state index contributed by atoms with van der Waals surface area (Å²) in [5.41, 5.74) is 0.394. The van der Waals surface area contributed by atoms with Crippen LogP contribution in [0.4, 0.5) is 0 Å². The van der Waals surface area contributed by atoms with Crippen LogP contribution in [0.3, 0.4) is 0 Å². The number of hydrogen-bond acceptors (Lipinski definition) is 2. The van der Waals surface area contributed by atoms with Gasteiger partial charge in [-0.1, -0.05) is 6.92 Å². The summed E-state index contributed by atoms with van der Waals surface area (Å²) in [5.74, 6) is 0. The first-order chi connectivity index (χ1) is 6.68. The van der Waals surface area contributed by atoms with Crippen LogP contribution in [0.5, 0.6) is 0 Å². The van der Waals surface area contributed by atoms with E-state index in [1.165, 1.54) is 32.1 Å². The predicted octanol–water partition coefficient (Wildman–Crippen LogP) is 2.50. The third-order valence-corrected chi connectivity index (χ3v) is 3.90. The molecule has 14 heavy (non-hydrogen) atoms. The highest BCUT2D eigenvalue weighted by Gasteiger charge is 2.34. The molecular formula is C12H22O2. The lowest BCUT2D eigenvalue weighted by Gasteiger charge is -2.24. The summed E-state index contributed by atoms with van der Waals surface area (Å²) < 4.78 is 5.62. The van der Waals surface area contributed by atoms with Crippen LogP contribution in [0.25, 0.3) is 0 Å². The first-order valence-electron chi connectivity index (χ1n) is 5.98. The Kier molecular flexibility index (Phi) is 3.13. The SMILES string of the molecule is CC1(CCC2CCCO2)CCC(O)C1. The van der Waals surface area contributed by atoms with E-state index in [1.807, 2.05) is 0 Å². The van der Waals surface area contributed by atoms with Gasteiger partial charge >= 0.3 is 0 Å². The van der Waals surface area contributed by atoms with Crippen LogP contribution < -0.4 is 0 Å². The van der Waals surface area contributed by atoms with Crippen molar-refractivity contribution in [3.05, 3.63) is 0 Å². The number of aliphatic hydroxyl groups excluding tert-OH is 1. The summed E-state index contributed by atoms with van der Waals surface area (Å²) in [5, 5.41) is 9.53. The maximum atomic E-state index is 9.53. The van der Waals surface area contributed by atoms with Crippen molar-refractivity contribution in [1.29, 1.82) is 0 Å². The van der Waals surface area contributed by atoms with Crippen molar-refractivity contribution in [2.45, 2.75) is 64.1 Å². The minimum Gasteiger partial charge on any atom is -0.393 e. The zero-order valence-electron chi connectivity index (χ0n) is 9.17. The first kappa shape index (κ1) is 10.4. The van der Waals surface area contributed by atoms with Gasteiger partial charge in [0.2, 0.25) is 0 Å². The summed E-state index contributed by atoms with van der Waals surface area (Å²) in [6.45, 7) is 3.28. The molecule has 1 aliphatic heterocycles. The summed E-state index contributed by atoms with van der Waals surface area (Å²) in [6, 6.07) is 0. The smallest absolute Gasteiger partial charge is 0.0576 e. The van der Waals surface area contributed by atoms with Crippen LogP contribution in [-0.2, 0) is 4.74 Å². The normalized spacial score (nSPS) is 43.3. The van der Waals surface area contributed by atoms with E-state index in [0.717, 1.165) is 19.4 Å². The Hall–Kier alpha value is -0.0800. The maximum absolute atomic E-state index is 9.53. The number of rotatable bonds is 3. The fraction of sp³-hybridized carbons (Fsp3) is 1.00. The van der Waals surface area contributed by atoms with Crippen molar-refractivity contribution < 1.29 is 9.84 Å². The monoisotopic (exact) mass is 198 g/mol. The summed E-state index contributed by atoms with van der Waals surface area (Å²) in [7, 11) is 0. The molecule has 1 saturated carbocycles. The number of aliphatic hydroxyl groups is 1. The fourth-order valence-electron chi connectivity index (χ4n) is 2.90. The standard InChI is InChI=1S/C12H22O2/c1-12(6-4-10(13)9-12)7-5-11-3-2-8-14-11/h10-11,13H,2-9H2,1H3. The molecule has 2 aliphatic rings. The van der Waals surface area contributed by atoms with Gasteiger partial charge in [0.15, 0.2) is 0 Å². The molecule has 0 aromatic heterocycles. The molecule has 3 unspecified atom stereocenters. The molecule has 1 aliphatic carbocycles. The maximum Gasteiger partial charge on any atom is 0.0576 e. The van der Waals surface area contributed by atoms with Crippen molar-refractivity contribution in [3.63, 3.8) is 0 Å². The topological polar surface area (TPSA) is 29.5 Å². The van der Waals surface area contributed by atoms with Gasteiger partial charge in [0, 0.05) is 6.61 Å². The van der Waals surface area contributed by atoms with E-state index in [0.29, 0.717) is 11.5 Å². The van der Waals surface area contributed by atoms with Crippen LogP contribution in [-0.4, -0.2) is 23.9 Å². The van der Waals surface area contributed by atoms with Gasteiger partial charge in [0.1, 0.15) is 0 Å². The van der Waals surface area contributed by atoms with E-state index in [4.69, 9.17) is 4.74 Å². The third kappa shape index (κ3) is 2.48. The lowest BCUT2D eigenvalue weighted by atomic mass is 9.82. The summed E-state index contributed by atoms with van der Waals surface area (Å²) in [4.78, 5) is 0. The summed E-state index contributed by atoms with van der Waals surface area (Å²) >= 11 is 0. The molecule has 0 aromatic carbocycles. The number of hydrogen-bond donors (Lipinski definition) is 1. The lowest BCUT2D eigenvalue weighted by Crippen LogP contribution is -2.17. The Morgan fingerprint density at radius 3 is 2.86 bits per heavy atom. The molecule has 2 fully saturated rings. The van der Waals surface area contributed by atoms with Crippen molar-refractivity contribution in [2.75, 3.05) is 6.61 Å². The molecule has 2 nitrogen and oxygen atoms in total. The van der Waals surface area contributed by atoms with Gasteiger partial charge in [-0.05, 0) is 50.4 Å². The molecule has 0 amide bonds. The number of ether oxygens (including phenoxy) is 1. The Morgan fingerprint density at radius 2 is 2.29 bits per heavy atom. The quantitative estimate of drug-likeness (QED) is 0.755.